The molecule has 0 saturated heterocycles. The van der Waals surface area contributed by atoms with Gasteiger partial charge in [0, 0.05) is 7.11 Å². The number of methoxy groups -OCH3 is 1. The van der Waals surface area contributed by atoms with Crippen LogP contribution in [0.4, 0.5) is 0 Å². The molecule has 176 valence electrons. The Morgan fingerprint density at radius 1 is 1.10 bits per heavy atom. The van der Waals surface area contributed by atoms with Crippen LogP contribution in [-0.4, -0.2) is 13.2 Å². The van der Waals surface area contributed by atoms with Crippen LogP contribution in [0.2, 0.25) is 0 Å². The van der Waals surface area contributed by atoms with Crippen LogP contribution in [0.3, 0.4) is 0 Å². The smallest absolute Gasteiger partial charge is 0.0608 e. The lowest BCUT2D eigenvalue weighted by atomic mass is 9.47. The molecule has 0 heterocycles. The molecule has 0 aromatic carbocycles. The van der Waals surface area contributed by atoms with Crippen molar-refractivity contribution in [1.82, 2.24) is 0 Å². The van der Waals surface area contributed by atoms with E-state index in [1.165, 1.54) is 64.2 Å². The zero-order valence-corrected chi connectivity index (χ0v) is 21.7. The third-order valence-electron chi connectivity index (χ3n) is 11.2. The predicted octanol–water partition coefficient (Wildman–Crippen LogP) is 8.60. The molecular weight excluding hydrogens is 376 g/mol. The first-order valence-corrected chi connectivity index (χ1v) is 13.6. The molecule has 0 spiro atoms. The second kappa shape index (κ2) is 9.00. The van der Waals surface area contributed by atoms with E-state index in [1.54, 1.807) is 11.1 Å². The maximum absolute atomic E-state index is 5.76. The number of hydrogen-bond acceptors (Lipinski definition) is 1. The zero-order valence-electron chi connectivity index (χ0n) is 21.7. The maximum Gasteiger partial charge on any atom is 0.0608 e. The van der Waals surface area contributed by atoms with Gasteiger partial charge in [-0.05, 0) is 117 Å². The summed E-state index contributed by atoms with van der Waals surface area (Å²) >= 11 is 0. The average molecular weight is 427 g/mol. The number of allylic oxidation sites excluding steroid dienone is 3. The normalized spacial score (nSPS) is 43.8. The summed E-state index contributed by atoms with van der Waals surface area (Å²) in [5, 5.41) is 0. The van der Waals surface area contributed by atoms with E-state index >= 15 is 0 Å². The topological polar surface area (TPSA) is 9.23 Å². The highest BCUT2D eigenvalue weighted by molar-refractivity contribution is 5.25. The third kappa shape index (κ3) is 4.00. The number of hydrogen-bond donors (Lipinski definition) is 0. The van der Waals surface area contributed by atoms with Crippen LogP contribution < -0.4 is 0 Å². The van der Waals surface area contributed by atoms with Gasteiger partial charge < -0.3 is 4.74 Å². The van der Waals surface area contributed by atoms with E-state index in [4.69, 9.17) is 4.74 Å². The van der Waals surface area contributed by atoms with Crippen LogP contribution >= 0.6 is 0 Å². The fourth-order valence-electron chi connectivity index (χ4n) is 9.17. The monoisotopic (exact) mass is 426 g/mol. The Bertz CT molecular complexity index is 701. The van der Waals surface area contributed by atoms with Crippen molar-refractivity contribution in [3.63, 3.8) is 0 Å². The van der Waals surface area contributed by atoms with Gasteiger partial charge in [-0.1, -0.05) is 57.9 Å². The molecule has 0 unspecified atom stereocenters. The van der Waals surface area contributed by atoms with Crippen LogP contribution in [0, 0.1) is 46.3 Å². The molecule has 0 aliphatic heterocycles. The molecule has 3 saturated carbocycles. The van der Waals surface area contributed by atoms with Crippen LogP contribution in [0.15, 0.2) is 23.3 Å². The van der Waals surface area contributed by atoms with Crippen molar-refractivity contribution in [3.8, 4) is 0 Å². The average Bonchev–Trinajstić information content (AvgIpc) is 3.10. The lowest BCUT2D eigenvalue weighted by Crippen LogP contribution is -2.50. The summed E-state index contributed by atoms with van der Waals surface area (Å²) in [5.74, 6) is 5.32. The Morgan fingerprint density at radius 3 is 2.55 bits per heavy atom. The highest BCUT2D eigenvalue weighted by Gasteiger charge is 2.59. The van der Waals surface area contributed by atoms with Gasteiger partial charge in [-0.15, -0.1) is 0 Å². The Balaban J connectivity index is 1.48. The van der Waals surface area contributed by atoms with E-state index < -0.39 is 0 Å². The molecule has 1 heteroatoms. The molecule has 0 aromatic rings. The summed E-state index contributed by atoms with van der Waals surface area (Å²) in [6.45, 7) is 14.9. The zero-order chi connectivity index (χ0) is 22.4. The van der Waals surface area contributed by atoms with Gasteiger partial charge in [0.15, 0.2) is 0 Å². The molecule has 0 N–H and O–H groups in total. The van der Waals surface area contributed by atoms with Gasteiger partial charge in [0.2, 0.25) is 0 Å². The minimum absolute atomic E-state index is 0.459. The minimum atomic E-state index is 0.459. The summed E-state index contributed by atoms with van der Waals surface area (Å²) in [6, 6.07) is 0. The van der Waals surface area contributed by atoms with Crippen LogP contribution in [-0.2, 0) is 4.74 Å². The highest BCUT2D eigenvalue weighted by Crippen LogP contribution is 2.67. The summed E-state index contributed by atoms with van der Waals surface area (Å²) in [5.41, 5.74) is 4.46. The molecule has 31 heavy (non-hydrogen) atoms. The quantitative estimate of drug-likeness (QED) is 0.386. The lowest BCUT2D eigenvalue weighted by Gasteiger charge is -2.58. The molecule has 4 aliphatic rings. The van der Waals surface area contributed by atoms with Gasteiger partial charge in [0.05, 0.1) is 6.10 Å². The van der Waals surface area contributed by atoms with E-state index in [2.05, 4.69) is 53.7 Å². The second-order valence-electron chi connectivity index (χ2n) is 12.6. The first-order chi connectivity index (χ1) is 14.7. The Morgan fingerprint density at radius 2 is 1.87 bits per heavy atom. The van der Waals surface area contributed by atoms with Gasteiger partial charge in [0.1, 0.15) is 0 Å². The minimum Gasteiger partial charge on any atom is -0.381 e. The Hall–Kier alpha value is -0.560. The molecule has 3 fully saturated rings. The van der Waals surface area contributed by atoms with Crippen molar-refractivity contribution in [3.05, 3.63) is 23.3 Å². The second-order valence-corrected chi connectivity index (χ2v) is 12.6. The van der Waals surface area contributed by atoms with Gasteiger partial charge in [-0.2, -0.15) is 0 Å². The molecule has 0 aromatic heterocycles. The Labute approximate surface area is 193 Å². The van der Waals surface area contributed by atoms with Gasteiger partial charge in [0.25, 0.3) is 0 Å². The van der Waals surface area contributed by atoms with Crippen molar-refractivity contribution in [1.29, 1.82) is 0 Å². The van der Waals surface area contributed by atoms with E-state index in [-0.39, 0.29) is 0 Å². The van der Waals surface area contributed by atoms with Crippen molar-refractivity contribution >= 4 is 0 Å². The SMILES string of the molecule is C/C=C(/CC[C@@H](C)[C@H]1CC[C@H]2[C@@H]3CC=C4C[C@@H](OC)CC[C@]4(C)[C@H]3CC[C@]12C)C(C)C. The first-order valence-electron chi connectivity index (χ1n) is 13.6. The summed E-state index contributed by atoms with van der Waals surface area (Å²) in [4.78, 5) is 0. The van der Waals surface area contributed by atoms with Crippen LogP contribution in [0.5, 0.6) is 0 Å². The summed E-state index contributed by atoms with van der Waals surface area (Å²) in [7, 11) is 1.91. The number of ether oxygens (including phenoxy) is 1. The van der Waals surface area contributed by atoms with Gasteiger partial charge >= 0.3 is 0 Å². The molecule has 4 rings (SSSR count). The van der Waals surface area contributed by atoms with Gasteiger partial charge in [-0.25, -0.2) is 0 Å². The lowest BCUT2D eigenvalue weighted by molar-refractivity contribution is -0.0600. The van der Waals surface area contributed by atoms with Crippen molar-refractivity contribution in [2.75, 3.05) is 7.11 Å². The van der Waals surface area contributed by atoms with Crippen molar-refractivity contribution < 1.29 is 4.74 Å². The standard InChI is InChI=1S/C30H50O/c1-8-22(20(2)3)10-9-21(4)26-13-14-27-25-12-11-23-19-24(31-7)15-17-29(23,5)28(25)16-18-30(26,27)6/h8,11,20-21,24-28H,9-10,12-19H2,1-7H3/b22-8-/t21-,24+,25+,26-,27+,28+,29+,30-/m1/s1. The summed E-state index contributed by atoms with van der Waals surface area (Å²) in [6.07, 6.45) is 19.3. The van der Waals surface area contributed by atoms with E-state index in [1.807, 2.05) is 7.11 Å². The largest absolute Gasteiger partial charge is 0.381 e. The molecule has 0 radical (unpaired) electrons. The predicted molar refractivity (Wildman–Crippen MR) is 133 cm³/mol. The van der Waals surface area contributed by atoms with Crippen molar-refractivity contribution in [2.45, 2.75) is 112 Å². The highest BCUT2D eigenvalue weighted by atomic mass is 16.5. The molecule has 8 atom stereocenters. The molecule has 1 nitrogen and oxygen atoms in total. The van der Waals surface area contributed by atoms with E-state index in [9.17, 15) is 0 Å². The fourth-order valence-corrected chi connectivity index (χ4v) is 9.17. The maximum atomic E-state index is 5.76. The van der Waals surface area contributed by atoms with E-state index in [0.717, 1.165) is 29.6 Å². The van der Waals surface area contributed by atoms with Crippen molar-refractivity contribution in [2.24, 2.45) is 46.3 Å². The van der Waals surface area contributed by atoms with E-state index in [0.29, 0.717) is 22.9 Å². The molecular formula is C30H50O. The Kier molecular flexibility index (Phi) is 6.85. The third-order valence-corrected chi connectivity index (χ3v) is 11.2. The van der Waals surface area contributed by atoms with Gasteiger partial charge in [-0.3, -0.25) is 0 Å². The van der Waals surface area contributed by atoms with Crippen LogP contribution in [0.25, 0.3) is 0 Å². The number of fused-ring (bicyclic) bond motifs is 5. The van der Waals surface area contributed by atoms with Crippen LogP contribution in [0.1, 0.15) is 106 Å². The first kappa shape index (κ1) is 23.6. The fraction of sp³-hybridized carbons (Fsp3) is 0.867. The molecule has 0 bridgehead atoms. The molecule has 0 amide bonds. The number of rotatable bonds is 6. The molecule has 4 aliphatic carbocycles. The summed E-state index contributed by atoms with van der Waals surface area (Å²) < 4.78 is 5.76.